The third kappa shape index (κ3) is 2.91. The summed E-state index contributed by atoms with van der Waals surface area (Å²) in [7, 11) is 3.62. The summed E-state index contributed by atoms with van der Waals surface area (Å²) in [4.78, 5) is 5.12. The van der Waals surface area contributed by atoms with Crippen molar-refractivity contribution in [3.63, 3.8) is 0 Å². The van der Waals surface area contributed by atoms with E-state index in [0.29, 0.717) is 6.54 Å². The van der Waals surface area contributed by atoms with Gasteiger partial charge < -0.3 is 15.3 Å². The molecule has 4 heteroatoms. The first-order valence-electron chi connectivity index (χ1n) is 4.75. The Morgan fingerprint density at radius 3 is 2.54 bits per heavy atom. The van der Waals surface area contributed by atoms with Gasteiger partial charge in [-0.15, -0.1) is 0 Å². The minimum absolute atomic E-state index is 0.197. The lowest BCUT2D eigenvalue weighted by atomic mass is 9.80. The molecule has 1 heterocycles. The highest BCUT2D eigenvalue weighted by molar-refractivity contribution is 4.84. The van der Waals surface area contributed by atoms with Crippen LogP contribution in [0, 0.1) is 5.41 Å². The Morgan fingerprint density at radius 1 is 1.46 bits per heavy atom. The predicted molar refractivity (Wildman–Crippen MR) is 51.2 cm³/mol. The van der Waals surface area contributed by atoms with E-state index >= 15 is 0 Å². The molecule has 78 valence electrons. The van der Waals surface area contributed by atoms with E-state index in [9.17, 15) is 0 Å². The molecule has 0 bridgehead atoms. The topological polar surface area (TPSA) is 47.7 Å². The molecule has 0 unspecified atom stereocenters. The second-order valence-corrected chi connectivity index (χ2v) is 3.79. The van der Waals surface area contributed by atoms with Gasteiger partial charge in [0.2, 0.25) is 0 Å². The van der Waals surface area contributed by atoms with Crippen LogP contribution in [0.2, 0.25) is 0 Å². The van der Waals surface area contributed by atoms with E-state index in [1.54, 1.807) is 7.11 Å². The zero-order chi connectivity index (χ0) is 9.73. The maximum Gasteiger partial charge on any atom is 0.0575 e. The molecule has 4 nitrogen and oxygen atoms in total. The van der Waals surface area contributed by atoms with Crippen molar-refractivity contribution >= 4 is 0 Å². The van der Waals surface area contributed by atoms with Crippen molar-refractivity contribution in [2.24, 2.45) is 11.1 Å². The molecule has 0 aromatic rings. The summed E-state index contributed by atoms with van der Waals surface area (Å²) < 4.78 is 5.33. The SMILES string of the molecule is CON(C)CC1(CN)CCOCC1. The maximum absolute atomic E-state index is 5.80. The molecule has 0 aliphatic carbocycles. The molecule has 0 aromatic carbocycles. The van der Waals surface area contributed by atoms with E-state index in [0.717, 1.165) is 32.6 Å². The van der Waals surface area contributed by atoms with Crippen LogP contribution in [-0.2, 0) is 9.57 Å². The van der Waals surface area contributed by atoms with E-state index in [4.69, 9.17) is 15.3 Å². The Bertz CT molecular complexity index is 147. The zero-order valence-corrected chi connectivity index (χ0v) is 8.58. The van der Waals surface area contributed by atoms with Crippen LogP contribution in [0.3, 0.4) is 0 Å². The maximum atomic E-state index is 5.80. The Hall–Kier alpha value is -0.160. The second kappa shape index (κ2) is 4.91. The Labute approximate surface area is 79.9 Å². The largest absolute Gasteiger partial charge is 0.381 e. The van der Waals surface area contributed by atoms with Crippen LogP contribution < -0.4 is 5.73 Å². The highest BCUT2D eigenvalue weighted by Gasteiger charge is 2.32. The fraction of sp³-hybridized carbons (Fsp3) is 1.00. The summed E-state index contributed by atoms with van der Waals surface area (Å²) in [5, 5.41) is 1.85. The van der Waals surface area contributed by atoms with Crippen molar-refractivity contribution in [2.45, 2.75) is 12.8 Å². The molecule has 1 saturated heterocycles. The van der Waals surface area contributed by atoms with Crippen LogP contribution in [-0.4, -0.2) is 45.5 Å². The third-order valence-electron chi connectivity index (χ3n) is 2.86. The fourth-order valence-corrected chi connectivity index (χ4v) is 1.77. The Morgan fingerprint density at radius 2 is 2.08 bits per heavy atom. The van der Waals surface area contributed by atoms with E-state index in [1.165, 1.54) is 0 Å². The van der Waals surface area contributed by atoms with Gasteiger partial charge in [-0.25, -0.2) is 0 Å². The molecular weight excluding hydrogens is 168 g/mol. The second-order valence-electron chi connectivity index (χ2n) is 3.79. The molecule has 1 aliphatic heterocycles. The number of rotatable bonds is 4. The van der Waals surface area contributed by atoms with Gasteiger partial charge in [-0.2, -0.15) is 5.06 Å². The lowest BCUT2D eigenvalue weighted by Crippen LogP contribution is -2.44. The van der Waals surface area contributed by atoms with E-state index < -0.39 is 0 Å². The highest BCUT2D eigenvalue weighted by atomic mass is 16.7. The van der Waals surface area contributed by atoms with Gasteiger partial charge >= 0.3 is 0 Å². The molecule has 0 saturated carbocycles. The van der Waals surface area contributed by atoms with E-state index in [2.05, 4.69) is 0 Å². The summed E-state index contributed by atoms with van der Waals surface area (Å²) >= 11 is 0. The molecule has 1 fully saturated rings. The molecule has 1 rings (SSSR count). The van der Waals surface area contributed by atoms with Crippen LogP contribution in [0.15, 0.2) is 0 Å². The minimum atomic E-state index is 0.197. The normalized spacial score (nSPS) is 22.2. The first kappa shape index (κ1) is 10.9. The van der Waals surface area contributed by atoms with Gasteiger partial charge in [0.25, 0.3) is 0 Å². The predicted octanol–water partition coefficient (Wildman–Crippen LogP) is 0.235. The van der Waals surface area contributed by atoms with Crippen molar-refractivity contribution in [3.05, 3.63) is 0 Å². The number of nitrogens with zero attached hydrogens (tertiary/aromatic N) is 1. The van der Waals surface area contributed by atoms with Crippen LogP contribution in [0.5, 0.6) is 0 Å². The first-order chi connectivity index (χ1) is 6.22. The molecule has 0 radical (unpaired) electrons. The van der Waals surface area contributed by atoms with Crippen molar-refractivity contribution in [2.75, 3.05) is 40.5 Å². The van der Waals surface area contributed by atoms with E-state index in [-0.39, 0.29) is 5.41 Å². The lowest BCUT2D eigenvalue weighted by molar-refractivity contribution is -0.142. The number of hydroxylamine groups is 2. The zero-order valence-electron chi connectivity index (χ0n) is 8.58. The Kier molecular flexibility index (Phi) is 4.12. The van der Waals surface area contributed by atoms with Crippen LogP contribution in [0.1, 0.15) is 12.8 Å². The molecule has 13 heavy (non-hydrogen) atoms. The van der Waals surface area contributed by atoms with Crippen molar-refractivity contribution in [1.82, 2.24) is 5.06 Å². The smallest absolute Gasteiger partial charge is 0.0575 e. The molecule has 0 amide bonds. The number of hydrogen-bond donors (Lipinski definition) is 1. The van der Waals surface area contributed by atoms with Gasteiger partial charge in [0.05, 0.1) is 7.11 Å². The van der Waals surface area contributed by atoms with Gasteiger partial charge in [0.15, 0.2) is 0 Å². The summed E-state index contributed by atoms with van der Waals surface area (Å²) in [5.74, 6) is 0. The first-order valence-corrected chi connectivity index (χ1v) is 4.75. The van der Waals surface area contributed by atoms with Crippen LogP contribution in [0.25, 0.3) is 0 Å². The van der Waals surface area contributed by atoms with Crippen molar-refractivity contribution < 1.29 is 9.57 Å². The standard InChI is InChI=1S/C9H20N2O2/c1-11(12-2)8-9(7-10)3-5-13-6-4-9/h3-8,10H2,1-2H3. The van der Waals surface area contributed by atoms with Crippen LogP contribution >= 0.6 is 0 Å². The van der Waals surface area contributed by atoms with Gasteiger partial charge in [-0.3, -0.25) is 0 Å². The molecule has 0 spiro atoms. The van der Waals surface area contributed by atoms with Crippen LogP contribution in [0.4, 0.5) is 0 Å². The minimum Gasteiger partial charge on any atom is -0.381 e. The molecular formula is C9H20N2O2. The monoisotopic (exact) mass is 188 g/mol. The van der Waals surface area contributed by atoms with Gasteiger partial charge in [0, 0.05) is 32.2 Å². The van der Waals surface area contributed by atoms with Gasteiger partial charge in [-0.05, 0) is 19.4 Å². The summed E-state index contributed by atoms with van der Waals surface area (Å²) in [6.45, 7) is 3.26. The number of hydrogen-bond acceptors (Lipinski definition) is 4. The van der Waals surface area contributed by atoms with Gasteiger partial charge in [-0.1, -0.05) is 0 Å². The average molecular weight is 188 g/mol. The number of ether oxygens (including phenoxy) is 1. The van der Waals surface area contributed by atoms with Crippen molar-refractivity contribution in [1.29, 1.82) is 0 Å². The average Bonchev–Trinajstić information content (AvgIpc) is 2.19. The third-order valence-corrected chi connectivity index (χ3v) is 2.86. The molecule has 0 aromatic heterocycles. The number of nitrogens with two attached hydrogens (primary N) is 1. The molecule has 0 atom stereocenters. The summed E-state index contributed by atoms with van der Waals surface area (Å²) in [6.07, 6.45) is 2.08. The summed E-state index contributed by atoms with van der Waals surface area (Å²) in [5.41, 5.74) is 6.00. The fourth-order valence-electron chi connectivity index (χ4n) is 1.77. The Balaban J connectivity index is 2.47. The highest BCUT2D eigenvalue weighted by Crippen LogP contribution is 2.29. The molecule has 2 N–H and O–H groups in total. The van der Waals surface area contributed by atoms with Gasteiger partial charge in [0.1, 0.15) is 0 Å². The molecule has 1 aliphatic rings. The van der Waals surface area contributed by atoms with Crippen molar-refractivity contribution in [3.8, 4) is 0 Å². The lowest BCUT2D eigenvalue weighted by Gasteiger charge is -2.38. The quantitative estimate of drug-likeness (QED) is 0.642. The van der Waals surface area contributed by atoms with E-state index in [1.807, 2.05) is 12.1 Å². The summed E-state index contributed by atoms with van der Waals surface area (Å²) in [6, 6.07) is 0.